The van der Waals surface area contributed by atoms with Gasteiger partial charge in [0.15, 0.2) is 11.5 Å². The number of halogens is 2. The van der Waals surface area contributed by atoms with Crippen molar-refractivity contribution >= 4 is 58.2 Å². The summed E-state index contributed by atoms with van der Waals surface area (Å²) in [4.78, 5) is 27.2. The smallest absolute Gasteiger partial charge is 0.257 e. The van der Waals surface area contributed by atoms with E-state index < -0.39 is 0 Å². The van der Waals surface area contributed by atoms with Crippen molar-refractivity contribution in [3.05, 3.63) is 81.8 Å². The first-order valence-corrected chi connectivity index (χ1v) is 12.0. The van der Waals surface area contributed by atoms with Crippen molar-refractivity contribution in [1.29, 1.82) is 0 Å². The van der Waals surface area contributed by atoms with Crippen LogP contribution in [0.15, 0.2) is 60.7 Å². The molecule has 0 saturated carbocycles. The van der Waals surface area contributed by atoms with Crippen LogP contribution >= 0.6 is 35.0 Å². The van der Waals surface area contributed by atoms with Gasteiger partial charge < -0.3 is 14.8 Å². The van der Waals surface area contributed by atoms with E-state index in [9.17, 15) is 9.59 Å². The van der Waals surface area contributed by atoms with Crippen LogP contribution in [0, 0.1) is 0 Å². The molecule has 2 heterocycles. The van der Waals surface area contributed by atoms with Crippen LogP contribution < -0.4 is 19.7 Å². The highest BCUT2D eigenvalue weighted by molar-refractivity contribution is 8.00. The van der Waals surface area contributed by atoms with Crippen molar-refractivity contribution in [1.82, 2.24) is 0 Å². The maximum Gasteiger partial charge on any atom is 0.257 e. The average Bonchev–Trinajstić information content (AvgIpc) is 3.20. The number of ether oxygens (including phenoxy) is 2. The van der Waals surface area contributed by atoms with E-state index in [0.29, 0.717) is 46.7 Å². The van der Waals surface area contributed by atoms with Gasteiger partial charge in [-0.1, -0.05) is 35.3 Å². The Hall–Kier alpha value is -2.87. The molecule has 0 spiro atoms. The molecule has 1 N–H and O–H groups in total. The number of carbonyl (C=O) groups excluding carboxylic acids is 2. The highest BCUT2D eigenvalue weighted by Crippen LogP contribution is 2.44. The monoisotopic (exact) mass is 500 g/mol. The Morgan fingerprint density at radius 2 is 1.82 bits per heavy atom. The molecule has 9 heteroatoms. The summed E-state index contributed by atoms with van der Waals surface area (Å²) >= 11 is 13.6. The largest absolute Gasteiger partial charge is 0.486 e. The number of hydrogen-bond acceptors (Lipinski definition) is 5. The lowest BCUT2D eigenvalue weighted by molar-refractivity contribution is -0.115. The molecule has 5 rings (SSSR count). The zero-order chi connectivity index (χ0) is 22.9. The fraction of sp³-hybridized carbons (Fsp3) is 0.167. The Balaban J connectivity index is 1.40. The fourth-order valence-electron chi connectivity index (χ4n) is 3.77. The van der Waals surface area contributed by atoms with Gasteiger partial charge in [-0.25, -0.2) is 0 Å². The molecule has 1 atom stereocenters. The van der Waals surface area contributed by atoms with Gasteiger partial charge in [-0.3, -0.25) is 14.5 Å². The van der Waals surface area contributed by atoms with Gasteiger partial charge >= 0.3 is 0 Å². The number of hydrogen-bond donors (Lipinski definition) is 1. The average molecular weight is 501 g/mol. The van der Waals surface area contributed by atoms with Crippen LogP contribution in [0.25, 0.3) is 0 Å². The number of amides is 2. The third-order valence-electron chi connectivity index (χ3n) is 5.28. The number of rotatable bonds is 4. The molecule has 33 heavy (non-hydrogen) atoms. The van der Waals surface area contributed by atoms with E-state index in [0.717, 1.165) is 11.3 Å². The standard InChI is InChI=1S/C24H18Cl2N2O4S/c25-15-4-6-18(19(26)11-15)23(30)27-16-3-1-2-14(10-16)24-28(22(29)13-33-24)17-5-7-20-21(12-17)32-9-8-31-20/h1-7,10-12,24H,8-9,13H2,(H,27,30)/t24-/m1/s1. The summed E-state index contributed by atoms with van der Waals surface area (Å²) in [6.07, 6.45) is 0. The summed E-state index contributed by atoms with van der Waals surface area (Å²) in [6.45, 7) is 0.981. The van der Waals surface area contributed by atoms with Gasteiger partial charge in [0.25, 0.3) is 5.91 Å². The molecular weight excluding hydrogens is 483 g/mol. The molecule has 2 aliphatic rings. The summed E-state index contributed by atoms with van der Waals surface area (Å²) in [5.41, 5.74) is 2.56. The molecule has 1 saturated heterocycles. The minimum atomic E-state index is -0.340. The molecule has 2 aliphatic heterocycles. The molecule has 0 bridgehead atoms. The quantitative estimate of drug-likeness (QED) is 0.490. The molecule has 0 unspecified atom stereocenters. The Morgan fingerprint density at radius 3 is 2.64 bits per heavy atom. The summed E-state index contributed by atoms with van der Waals surface area (Å²) in [7, 11) is 0. The van der Waals surface area contributed by atoms with Gasteiger partial charge in [0.1, 0.15) is 18.6 Å². The maximum absolute atomic E-state index is 12.8. The molecule has 168 valence electrons. The molecular formula is C24H18Cl2N2O4S. The number of carbonyl (C=O) groups is 2. The fourth-order valence-corrected chi connectivity index (χ4v) is 5.43. The Morgan fingerprint density at radius 1 is 1.00 bits per heavy atom. The summed E-state index contributed by atoms with van der Waals surface area (Å²) in [6, 6.07) is 17.7. The first kappa shape index (κ1) is 21.9. The predicted octanol–water partition coefficient (Wildman–Crippen LogP) is 5.80. The van der Waals surface area contributed by atoms with Gasteiger partial charge in [-0.2, -0.15) is 0 Å². The summed E-state index contributed by atoms with van der Waals surface area (Å²) < 4.78 is 11.3. The highest BCUT2D eigenvalue weighted by atomic mass is 35.5. The molecule has 2 amide bonds. The second-order valence-corrected chi connectivity index (χ2v) is 9.37. The molecule has 0 aromatic heterocycles. The number of nitrogens with zero attached hydrogens (tertiary/aromatic N) is 1. The van der Waals surface area contributed by atoms with Crippen molar-refractivity contribution in [3.8, 4) is 11.5 Å². The normalized spacial score (nSPS) is 17.2. The van der Waals surface area contributed by atoms with Crippen LogP contribution in [0.5, 0.6) is 11.5 Å². The van der Waals surface area contributed by atoms with Gasteiger partial charge in [0.05, 0.1) is 16.3 Å². The third kappa shape index (κ3) is 4.49. The maximum atomic E-state index is 12.8. The summed E-state index contributed by atoms with van der Waals surface area (Å²) in [5, 5.41) is 3.37. The molecule has 0 radical (unpaired) electrons. The van der Waals surface area contributed by atoms with Crippen molar-refractivity contribution in [3.63, 3.8) is 0 Å². The third-order valence-corrected chi connectivity index (χ3v) is 7.04. The van der Waals surface area contributed by atoms with Crippen LogP contribution in [0.4, 0.5) is 11.4 Å². The topological polar surface area (TPSA) is 67.9 Å². The highest BCUT2D eigenvalue weighted by Gasteiger charge is 2.35. The molecule has 0 aliphatic carbocycles. The van der Waals surface area contributed by atoms with Crippen molar-refractivity contribution in [2.24, 2.45) is 0 Å². The second-order valence-electron chi connectivity index (χ2n) is 7.46. The number of nitrogens with one attached hydrogen (secondary N) is 1. The number of anilines is 2. The Kier molecular flexibility index (Phi) is 6.10. The van der Waals surface area contributed by atoms with Crippen molar-refractivity contribution in [2.45, 2.75) is 5.37 Å². The van der Waals surface area contributed by atoms with Crippen LogP contribution in [-0.4, -0.2) is 30.8 Å². The first-order chi connectivity index (χ1) is 16.0. The van der Waals surface area contributed by atoms with E-state index in [1.54, 1.807) is 23.1 Å². The van der Waals surface area contributed by atoms with Crippen LogP contribution in [0.2, 0.25) is 10.0 Å². The lowest BCUT2D eigenvalue weighted by atomic mass is 10.1. The number of fused-ring (bicyclic) bond motifs is 1. The summed E-state index contributed by atoms with van der Waals surface area (Å²) in [5.74, 6) is 1.32. The molecule has 1 fully saturated rings. The van der Waals surface area contributed by atoms with Gasteiger partial charge in [0.2, 0.25) is 5.91 Å². The van der Waals surface area contributed by atoms with E-state index in [1.807, 2.05) is 36.4 Å². The SMILES string of the molecule is O=C(Nc1cccc([C@H]2SCC(=O)N2c2ccc3c(c2)OCCO3)c1)c1ccc(Cl)cc1Cl. The van der Waals surface area contributed by atoms with E-state index in [-0.39, 0.29) is 22.2 Å². The Bertz CT molecular complexity index is 1250. The van der Waals surface area contributed by atoms with Gasteiger partial charge in [-0.15, -0.1) is 11.8 Å². The predicted molar refractivity (Wildman–Crippen MR) is 131 cm³/mol. The van der Waals surface area contributed by atoms with Crippen molar-refractivity contribution < 1.29 is 19.1 Å². The molecule has 3 aromatic carbocycles. The van der Waals surface area contributed by atoms with Gasteiger partial charge in [0, 0.05) is 22.5 Å². The van der Waals surface area contributed by atoms with E-state index in [4.69, 9.17) is 32.7 Å². The van der Waals surface area contributed by atoms with E-state index in [2.05, 4.69) is 5.32 Å². The van der Waals surface area contributed by atoms with Crippen LogP contribution in [-0.2, 0) is 4.79 Å². The Labute approximate surface area is 204 Å². The lowest BCUT2D eigenvalue weighted by Crippen LogP contribution is -2.28. The number of thioether (sulfide) groups is 1. The minimum absolute atomic E-state index is 0.00376. The second kappa shape index (κ2) is 9.17. The zero-order valence-electron chi connectivity index (χ0n) is 17.2. The van der Waals surface area contributed by atoms with E-state index in [1.165, 1.54) is 17.8 Å². The number of benzene rings is 3. The minimum Gasteiger partial charge on any atom is -0.486 e. The lowest BCUT2D eigenvalue weighted by Gasteiger charge is -2.26. The molecule has 6 nitrogen and oxygen atoms in total. The first-order valence-electron chi connectivity index (χ1n) is 10.2. The van der Waals surface area contributed by atoms with E-state index >= 15 is 0 Å². The van der Waals surface area contributed by atoms with Crippen molar-refractivity contribution in [2.75, 3.05) is 29.2 Å². The van der Waals surface area contributed by atoms with Gasteiger partial charge in [-0.05, 0) is 48.0 Å². The molecule has 3 aromatic rings. The van der Waals surface area contributed by atoms with Crippen LogP contribution in [0.1, 0.15) is 21.3 Å². The zero-order valence-corrected chi connectivity index (χ0v) is 19.5. The van der Waals surface area contributed by atoms with Crippen LogP contribution in [0.3, 0.4) is 0 Å².